The predicted molar refractivity (Wildman–Crippen MR) is 63.8 cm³/mol. The topological polar surface area (TPSA) is 47.4 Å². The molecule has 3 atom stereocenters. The van der Waals surface area contributed by atoms with Crippen LogP contribution in [0.4, 0.5) is 0 Å². The molecule has 0 bridgehead atoms. The number of nitrogens with zero attached hydrogens (tertiary/aromatic N) is 3. The molecule has 5 heteroatoms. The number of rotatable bonds is 1. The summed E-state index contributed by atoms with van der Waals surface area (Å²) in [6.45, 7) is 1.95. The van der Waals surface area contributed by atoms with Gasteiger partial charge >= 0.3 is 5.97 Å². The van der Waals surface area contributed by atoms with Gasteiger partial charge in [-0.25, -0.2) is 0 Å². The third-order valence-corrected chi connectivity index (χ3v) is 4.95. The van der Waals surface area contributed by atoms with Crippen LogP contribution in [0.3, 0.4) is 0 Å². The van der Waals surface area contributed by atoms with E-state index in [4.69, 9.17) is 4.74 Å². The zero-order valence-corrected chi connectivity index (χ0v) is 10.5. The largest absolute Gasteiger partial charge is 0.468 e. The molecule has 1 aromatic heterocycles. The first-order valence-electron chi connectivity index (χ1n) is 6.63. The van der Waals surface area contributed by atoms with E-state index in [0.717, 1.165) is 32.4 Å². The second-order valence-electron chi connectivity index (χ2n) is 5.67. The molecule has 2 fully saturated rings. The molecule has 0 radical (unpaired) electrons. The molecule has 2 saturated heterocycles. The summed E-state index contributed by atoms with van der Waals surface area (Å²) in [5, 5.41) is 4.36. The summed E-state index contributed by atoms with van der Waals surface area (Å²) in [5.41, 5.74) is 0.923. The Balaban J connectivity index is 1.77. The van der Waals surface area contributed by atoms with Crippen molar-refractivity contribution in [3.05, 3.63) is 18.0 Å². The number of esters is 1. The maximum absolute atomic E-state index is 12.2. The molecule has 4 rings (SSSR count). The van der Waals surface area contributed by atoms with Crippen molar-refractivity contribution < 1.29 is 9.53 Å². The molecule has 0 amide bonds. The monoisotopic (exact) mass is 247 g/mol. The summed E-state index contributed by atoms with van der Waals surface area (Å²) < 4.78 is 7.16. The zero-order chi connectivity index (χ0) is 12.3. The van der Waals surface area contributed by atoms with Crippen molar-refractivity contribution in [2.45, 2.75) is 37.4 Å². The van der Waals surface area contributed by atoms with Crippen LogP contribution in [-0.2, 0) is 16.1 Å². The minimum absolute atomic E-state index is 0.0412. The Morgan fingerprint density at radius 3 is 3.33 bits per heavy atom. The minimum Gasteiger partial charge on any atom is -0.468 e. The van der Waals surface area contributed by atoms with Gasteiger partial charge in [-0.15, -0.1) is 0 Å². The molecule has 3 aliphatic rings. The summed E-state index contributed by atoms with van der Waals surface area (Å²) in [6.07, 6.45) is 4.82. The lowest BCUT2D eigenvalue weighted by Gasteiger charge is -2.31. The van der Waals surface area contributed by atoms with Gasteiger partial charge in [-0.1, -0.05) is 0 Å². The lowest BCUT2D eigenvalue weighted by Crippen LogP contribution is -2.47. The molecule has 3 aliphatic heterocycles. The quantitative estimate of drug-likeness (QED) is 0.694. The highest BCUT2D eigenvalue weighted by Crippen LogP contribution is 2.55. The van der Waals surface area contributed by atoms with Crippen LogP contribution < -0.4 is 0 Å². The van der Waals surface area contributed by atoms with Crippen molar-refractivity contribution in [2.75, 3.05) is 13.7 Å². The standard InChI is InChI=1S/C13H17N3O2/c1-18-12(17)13-4-2-6-15(13)11-9(7-13)8-16-10(11)3-5-14-16/h3,5,9,11H,2,4,6-8H2,1H3. The molecule has 0 aliphatic carbocycles. The molecule has 1 aromatic rings. The van der Waals surface area contributed by atoms with Gasteiger partial charge in [0.25, 0.3) is 0 Å². The summed E-state index contributed by atoms with van der Waals surface area (Å²) in [6, 6.07) is 2.46. The number of aromatic nitrogens is 2. The molecule has 0 aromatic carbocycles. The van der Waals surface area contributed by atoms with E-state index in [-0.39, 0.29) is 11.5 Å². The van der Waals surface area contributed by atoms with E-state index in [0.29, 0.717) is 12.0 Å². The Bertz CT molecular complexity index is 512. The van der Waals surface area contributed by atoms with Gasteiger partial charge in [0, 0.05) is 25.2 Å². The smallest absolute Gasteiger partial charge is 0.326 e. The Morgan fingerprint density at radius 2 is 2.50 bits per heavy atom. The van der Waals surface area contributed by atoms with E-state index < -0.39 is 0 Å². The van der Waals surface area contributed by atoms with Crippen molar-refractivity contribution in [1.82, 2.24) is 14.7 Å². The van der Waals surface area contributed by atoms with Crippen molar-refractivity contribution in [2.24, 2.45) is 5.92 Å². The van der Waals surface area contributed by atoms with Gasteiger partial charge in [-0.2, -0.15) is 5.10 Å². The third-order valence-electron chi connectivity index (χ3n) is 4.95. The van der Waals surface area contributed by atoms with Crippen molar-refractivity contribution in [3.63, 3.8) is 0 Å². The number of methoxy groups -OCH3 is 1. The average Bonchev–Trinajstić information content (AvgIpc) is 3.04. The second-order valence-corrected chi connectivity index (χ2v) is 5.67. The van der Waals surface area contributed by atoms with Crippen LogP contribution >= 0.6 is 0 Å². The van der Waals surface area contributed by atoms with Crippen molar-refractivity contribution in [3.8, 4) is 0 Å². The molecule has 96 valence electrons. The van der Waals surface area contributed by atoms with E-state index in [9.17, 15) is 4.79 Å². The van der Waals surface area contributed by atoms with Gasteiger partial charge in [-0.3, -0.25) is 14.4 Å². The normalized spacial score (nSPS) is 37.4. The van der Waals surface area contributed by atoms with Crippen molar-refractivity contribution in [1.29, 1.82) is 0 Å². The fraction of sp³-hybridized carbons (Fsp3) is 0.692. The molecule has 3 unspecified atom stereocenters. The number of carbonyl (C=O) groups excluding carboxylic acids is 1. The van der Waals surface area contributed by atoms with E-state index in [1.165, 1.54) is 12.8 Å². The first kappa shape index (κ1) is 10.6. The average molecular weight is 247 g/mol. The number of ether oxygens (including phenoxy) is 1. The third kappa shape index (κ3) is 1.06. The Morgan fingerprint density at radius 1 is 1.61 bits per heavy atom. The van der Waals surface area contributed by atoms with Gasteiger partial charge in [0.2, 0.25) is 0 Å². The van der Waals surface area contributed by atoms with Gasteiger partial charge < -0.3 is 4.74 Å². The number of hydrogen-bond acceptors (Lipinski definition) is 4. The van der Waals surface area contributed by atoms with E-state index >= 15 is 0 Å². The molecule has 18 heavy (non-hydrogen) atoms. The lowest BCUT2D eigenvalue weighted by atomic mass is 9.89. The SMILES string of the molecule is COC(=O)C12CCCN1C1c3ccnn3CC1C2. The number of fused-ring (bicyclic) bond motifs is 5. The molecule has 0 spiro atoms. The molecule has 4 heterocycles. The molecule has 0 N–H and O–H groups in total. The van der Waals surface area contributed by atoms with E-state index in [2.05, 4.69) is 20.7 Å². The fourth-order valence-corrected chi connectivity index (χ4v) is 4.35. The highest BCUT2D eigenvalue weighted by molar-refractivity contribution is 5.82. The number of carbonyl (C=O) groups is 1. The predicted octanol–water partition coefficient (Wildman–Crippen LogP) is 0.965. The maximum Gasteiger partial charge on any atom is 0.326 e. The minimum atomic E-state index is -0.348. The van der Waals surface area contributed by atoms with Crippen LogP contribution in [0.5, 0.6) is 0 Å². The zero-order valence-electron chi connectivity index (χ0n) is 10.5. The Kier molecular flexibility index (Phi) is 1.96. The van der Waals surface area contributed by atoms with Crippen LogP contribution in [0.15, 0.2) is 12.3 Å². The first-order chi connectivity index (χ1) is 8.76. The molecular weight excluding hydrogens is 230 g/mol. The fourth-order valence-electron chi connectivity index (χ4n) is 4.35. The van der Waals surface area contributed by atoms with Crippen LogP contribution in [-0.4, -0.2) is 39.8 Å². The Labute approximate surface area is 106 Å². The van der Waals surface area contributed by atoms with E-state index in [1.54, 1.807) is 0 Å². The molecular formula is C13H17N3O2. The maximum atomic E-state index is 12.2. The highest BCUT2D eigenvalue weighted by Gasteiger charge is 2.61. The van der Waals surface area contributed by atoms with Crippen LogP contribution in [0.2, 0.25) is 0 Å². The van der Waals surface area contributed by atoms with Crippen LogP contribution in [0.25, 0.3) is 0 Å². The van der Waals surface area contributed by atoms with E-state index in [1.807, 2.05) is 6.20 Å². The van der Waals surface area contributed by atoms with Gasteiger partial charge in [-0.05, 0) is 25.3 Å². The second kappa shape index (κ2) is 3.35. The van der Waals surface area contributed by atoms with Crippen LogP contribution in [0, 0.1) is 5.92 Å². The summed E-state index contributed by atoms with van der Waals surface area (Å²) in [5.74, 6) is 0.480. The van der Waals surface area contributed by atoms with Gasteiger partial charge in [0.05, 0.1) is 18.8 Å². The number of hydrogen-bond donors (Lipinski definition) is 0. The summed E-state index contributed by atoms with van der Waals surface area (Å²) in [4.78, 5) is 14.6. The van der Waals surface area contributed by atoms with Crippen LogP contribution in [0.1, 0.15) is 31.0 Å². The van der Waals surface area contributed by atoms with Gasteiger partial charge in [0.15, 0.2) is 0 Å². The molecule has 5 nitrogen and oxygen atoms in total. The lowest BCUT2D eigenvalue weighted by molar-refractivity contribution is -0.152. The Hall–Kier alpha value is -1.36. The summed E-state index contributed by atoms with van der Waals surface area (Å²) in [7, 11) is 1.51. The van der Waals surface area contributed by atoms with Gasteiger partial charge in [0.1, 0.15) is 5.54 Å². The highest BCUT2D eigenvalue weighted by atomic mass is 16.5. The first-order valence-corrected chi connectivity index (χ1v) is 6.63. The van der Waals surface area contributed by atoms with Crippen molar-refractivity contribution >= 4 is 5.97 Å². The summed E-state index contributed by atoms with van der Waals surface area (Å²) >= 11 is 0. The molecule has 0 saturated carbocycles.